The summed E-state index contributed by atoms with van der Waals surface area (Å²) in [5.41, 5.74) is 4.38. The zero-order valence-corrected chi connectivity index (χ0v) is 18.8. The highest BCUT2D eigenvalue weighted by atomic mass is 79.9. The number of aromatic nitrogens is 1. The van der Waals surface area contributed by atoms with Gasteiger partial charge in [0, 0.05) is 39.3 Å². The molecule has 6 heteroatoms. The zero-order valence-electron chi connectivity index (χ0n) is 17.2. The number of nitrogens with zero attached hydrogens (tertiary/aromatic N) is 1. The van der Waals surface area contributed by atoms with Crippen LogP contribution in [0, 0.1) is 0 Å². The maximum atomic E-state index is 12.5. The average Bonchev–Trinajstić information content (AvgIpc) is 3.17. The molecule has 31 heavy (non-hydrogen) atoms. The van der Waals surface area contributed by atoms with Crippen LogP contribution >= 0.6 is 15.9 Å². The van der Waals surface area contributed by atoms with E-state index >= 15 is 0 Å². The van der Waals surface area contributed by atoms with Gasteiger partial charge in [-0.3, -0.25) is 4.79 Å². The van der Waals surface area contributed by atoms with Crippen molar-refractivity contribution >= 4 is 44.2 Å². The van der Waals surface area contributed by atoms with Crippen LogP contribution < -0.4 is 10.1 Å². The molecule has 0 saturated carbocycles. The summed E-state index contributed by atoms with van der Waals surface area (Å²) in [6.07, 6.45) is 4.94. The topological polar surface area (TPSA) is 64.4 Å². The Morgan fingerprint density at radius 2 is 2.00 bits per heavy atom. The number of ether oxygens (including phenoxy) is 1. The van der Waals surface area contributed by atoms with Crippen LogP contribution in [-0.2, 0) is 4.79 Å². The summed E-state index contributed by atoms with van der Waals surface area (Å²) in [5, 5.41) is 3.74. The van der Waals surface area contributed by atoms with Gasteiger partial charge >= 0.3 is 0 Å². The van der Waals surface area contributed by atoms with Crippen LogP contribution in [0.4, 0.5) is 5.82 Å². The summed E-state index contributed by atoms with van der Waals surface area (Å²) in [5.74, 6) is 0.926. The molecule has 0 bridgehead atoms. The maximum Gasteiger partial charge on any atom is 0.249 e. The fourth-order valence-electron chi connectivity index (χ4n) is 3.36. The van der Waals surface area contributed by atoms with Crippen LogP contribution in [0.2, 0.25) is 0 Å². The third-order valence-corrected chi connectivity index (χ3v) is 5.35. The SMILES string of the molecule is CCOc1cc2occ(-c3ccc(Br)cc3)c2cc1/C(C)=C/C(=O)Nc1ccccn1. The van der Waals surface area contributed by atoms with E-state index in [0.29, 0.717) is 18.2 Å². The van der Waals surface area contributed by atoms with Crippen molar-refractivity contribution < 1.29 is 13.9 Å². The molecule has 1 amide bonds. The average molecular weight is 477 g/mol. The van der Waals surface area contributed by atoms with E-state index in [4.69, 9.17) is 9.15 Å². The molecular weight excluding hydrogens is 456 g/mol. The Labute approximate surface area is 188 Å². The van der Waals surface area contributed by atoms with E-state index in [2.05, 4.69) is 26.2 Å². The second-order valence-electron chi connectivity index (χ2n) is 6.97. The van der Waals surface area contributed by atoms with Crippen molar-refractivity contribution in [3.8, 4) is 16.9 Å². The Kier molecular flexibility index (Phi) is 6.18. The van der Waals surface area contributed by atoms with Gasteiger partial charge in [-0.2, -0.15) is 0 Å². The van der Waals surface area contributed by atoms with Crippen LogP contribution in [0.25, 0.3) is 27.7 Å². The second kappa shape index (κ2) is 9.18. The molecular formula is C25H21BrN2O3. The van der Waals surface area contributed by atoms with E-state index in [1.54, 1.807) is 30.7 Å². The minimum atomic E-state index is -0.251. The number of fused-ring (bicyclic) bond motifs is 1. The number of halogens is 1. The molecule has 0 aliphatic carbocycles. The van der Waals surface area contributed by atoms with Gasteiger partial charge in [-0.15, -0.1) is 0 Å². The number of hydrogen-bond donors (Lipinski definition) is 1. The Bertz CT molecular complexity index is 1250. The third-order valence-electron chi connectivity index (χ3n) is 4.82. The van der Waals surface area contributed by atoms with Crippen LogP contribution in [-0.4, -0.2) is 17.5 Å². The maximum absolute atomic E-state index is 12.5. The van der Waals surface area contributed by atoms with Gasteiger partial charge in [0.05, 0.1) is 12.9 Å². The van der Waals surface area contributed by atoms with Crippen molar-refractivity contribution in [2.75, 3.05) is 11.9 Å². The number of amides is 1. The van der Waals surface area contributed by atoms with Gasteiger partial charge in [0.15, 0.2) is 0 Å². The van der Waals surface area contributed by atoms with Crippen molar-refractivity contribution in [1.82, 2.24) is 4.98 Å². The fraction of sp³-hybridized carbons (Fsp3) is 0.120. The molecule has 0 aliphatic rings. The van der Waals surface area contributed by atoms with Crippen molar-refractivity contribution in [1.29, 1.82) is 0 Å². The van der Waals surface area contributed by atoms with Crippen molar-refractivity contribution in [2.45, 2.75) is 13.8 Å². The molecule has 5 nitrogen and oxygen atoms in total. The second-order valence-corrected chi connectivity index (χ2v) is 7.88. The molecule has 4 rings (SSSR count). The van der Waals surface area contributed by atoms with Crippen molar-refractivity contribution in [3.63, 3.8) is 0 Å². The van der Waals surface area contributed by atoms with Crippen LogP contribution in [0.15, 0.2) is 82.0 Å². The number of pyridine rings is 1. The lowest BCUT2D eigenvalue weighted by molar-refractivity contribution is -0.111. The van der Waals surface area contributed by atoms with Gasteiger partial charge < -0.3 is 14.5 Å². The molecule has 156 valence electrons. The minimum absolute atomic E-state index is 0.251. The van der Waals surface area contributed by atoms with Crippen LogP contribution in [0.3, 0.4) is 0 Å². The number of anilines is 1. The largest absolute Gasteiger partial charge is 0.493 e. The number of carbonyl (C=O) groups excluding carboxylic acids is 1. The number of furan rings is 1. The highest BCUT2D eigenvalue weighted by Gasteiger charge is 2.15. The lowest BCUT2D eigenvalue weighted by Gasteiger charge is -2.12. The van der Waals surface area contributed by atoms with Gasteiger partial charge in [-0.25, -0.2) is 4.98 Å². The van der Waals surface area contributed by atoms with E-state index < -0.39 is 0 Å². The predicted octanol–water partition coefficient (Wildman–Crippen LogP) is 6.70. The van der Waals surface area contributed by atoms with E-state index in [9.17, 15) is 4.79 Å². The molecule has 2 aromatic heterocycles. The Morgan fingerprint density at radius 1 is 1.19 bits per heavy atom. The normalized spacial score (nSPS) is 11.5. The first-order chi connectivity index (χ1) is 15.0. The van der Waals surface area contributed by atoms with Crippen LogP contribution in [0.1, 0.15) is 19.4 Å². The molecule has 0 aliphatic heterocycles. The fourth-order valence-corrected chi connectivity index (χ4v) is 3.63. The summed E-state index contributed by atoms with van der Waals surface area (Å²) in [6, 6.07) is 17.3. The molecule has 0 atom stereocenters. The molecule has 4 aromatic rings. The zero-order chi connectivity index (χ0) is 21.8. The van der Waals surface area contributed by atoms with Gasteiger partial charge in [-0.05, 0) is 55.3 Å². The molecule has 0 saturated heterocycles. The Morgan fingerprint density at radius 3 is 2.71 bits per heavy atom. The molecule has 1 N–H and O–H groups in total. The van der Waals surface area contributed by atoms with Crippen LogP contribution in [0.5, 0.6) is 5.75 Å². The summed E-state index contributed by atoms with van der Waals surface area (Å²) in [6.45, 7) is 4.32. The number of carbonyl (C=O) groups is 1. The number of benzene rings is 2. The smallest absolute Gasteiger partial charge is 0.249 e. The first-order valence-corrected chi connectivity index (χ1v) is 10.7. The van der Waals surface area contributed by atoms with E-state index in [1.165, 1.54) is 0 Å². The monoisotopic (exact) mass is 476 g/mol. The van der Waals surface area contributed by atoms with E-state index in [1.807, 2.05) is 56.3 Å². The highest BCUT2D eigenvalue weighted by molar-refractivity contribution is 9.10. The molecule has 2 aromatic carbocycles. The molecule has 0 radical (unpaired) electrons. The Balaban J connectivity index is 1.74. The number of nitrogens with one attached hydrogen (secondary N) is 1. The summed E-state index contributed by atoms with van der Waals surface area (Å²) < 4.78 is 12.7. The standard InChI is InChI=1S/C25H21BrN2O3/c1-3-30-22-14-23-20(21(15-31-23)17-7-9-18(26)10-8-17)13-19(22)16(2)12-25(29)28-24-6-4-5-11-27-24/h4-15H,3H2,1-2H3,(H,27,28,29)/b16-12+. The summed E-state index contributed by atoms with van der Waals surface area (Å²) in [7, 11) is 0. The number of hydrogen-bond acceptors (Lipinski definition) is 4. The number of rotatable bonds is 6. The first-order valence-electron chi connectivity index (χ1n) is 9.90. The number of allylic oxidation sites excluding steroid dienone is 1. The highest BCUT2D eigenvalue weighted by Crippen LogP contribution is 2.37. The van der Waals surface area contributed by atoms with Gasteiger partial charge in [0.1, 0.15) is 17.2 Å². The first kappa shape index (κ1) is 20.9. The van der Waals surface area contributed by atoms with Crippen molar-refractivity contribution in [3.05, 3.63) is 83.2 Å². The molecule has 0 spiro atoms. The quantitative estimate of drug-likeness (QED) is 0.314. The summed E-state index contributed by atoms with van der Waals surface area (Å²) >= 11 is 3.47. The lowest BCUT2D eigenvalue weighted by atomic mass is 9.99. The van der Waals surface area contributed by atoms with Gasteiger partial charge in [0.2, 0.25) is 5.91 Å². The minimum Gasteiger partial charge on any atom is -0.493 e. The molecule has 0 unspecified atom stereocenters. The van der Waals surface area contributed by atoms with E-state index in [-0.39, 0.29) is 5.91 Å². The van der Waals surface area contributed by atoms with Gasteiger partial charge in [0.25, 0.3) is 0 Å². The Hall–Kier alpha value is -3.38. The lowest BCUT2D eigenvalue weighted by Crippen LogP contribution is -2.09. The van der Waals surface area contributed by atoms with E-state index in [0.717, 1.165) is 37.7 Å². The van der Waals surface area contributed by atoms with Gasteiger partial charge in [-0.1, -0.05) is 34.1 Å². The third kappa shape index (κ3) is 4.70. The molecule has 0 fully saturated rings. The van der Waals surface area contributed by atoms with Crippen molar-refractivity contribution in [2.24, 2.45) is 0 Å². The molecule has 2 heterocycles. The summed E-state index contributed by atoms with van der Waals surface area (Å²) in [4.78, 5) is 16.6. The predicted molar refractivity (Wildman–Crippen MR) is 127 cm³/mol.